The van der Waals surface area contributed by atoms with Crippen LogP contribution in [0.3, 0.4) is 0 Å². The van der Waals surface area contributed by atoms with Gasteiger partial charge in [0.1, 0.15) is 0 Å². The van der Waals surface area contributed by atoms with E-state index in [0.717, 1.165) is 25.7 Å². The molecule has 0 bridgehead atoms. The SMILES string of the molecule is CCCCCCCCCCCCCCCCCCCC/C=C/C(CCCCCC)COS(=O)(=O)[O-].[K+]. The summed E-state index contributed by atoms with van der Waals surface area (Å²) in [4.78, 5) is 0. The van der Waals surface area contributed by atoms with Gasteiger partial charge in [0, 0.05) is 5.92 Å². The van der Waals surface area contributed by atoms with Crippen LogP contribution in [0.2, 0.25) is 0 Å². The van der Waals surface area contributed by atoms with Crippen molar-refractivity contribution in [2.45, 2.75) is 168 Å². The summed E-state index contributed by atoms with van der Waals surface area (Å²) in [5, 5.41) is 0. The van der Waals surface area contributed by atoms with Crippen LogP contribution in [0.15, 0.2) is 12.2 Å². The van der Waals surface area contributed by atoms with Crippen molar-refractivity contribution in [3.05, 3.63) is 12.2 Å². The molecule has 36 heavy (non-hydrogen) atoms. The summed E-state index contributed by atoms with van der Waals surface area (Å²) >= 11 is 0. The molecule has 0 saturated heterocycles. The molecular weight excluding hydrogens is 495 g/mol. The molecule has 0 fully saturated rings. The Morgan fingerprint density at radius 2 is 0.972 bits per heavy atom. The van der Waals surface area contributed by atoms with E-state index in [0.29, 0.717) is 0 Å². The van der Waals surface area contributed by atoms with Crippen molar-refractivity contribution in [1.29, 1.82) is 0 Å². The van der Waals surface area contributed by atoms with Gasteiger partial charge in [-0.1, -0.05) is 161 Å². The van der Waals surface area contributed by atoms with Crippen molar-refractivity contribution < 1.29 is 68.5 Å². The Bertz CT molecular complexity index is 551. The molecular formula is C30H59KO4S. The van der Waals surface area contributed by atoms with Gasteiger partial charge in [-0.15, -0.1) is 0 Å². The molecule has 4 nitrogen and oxygen atoms in total. The Morgan fingerprint density at radius 3 is 1.36 bits per heavy atom. The van der Waals surface area contributed by atoms with E-state index in [1.165, 1.54) is 128 Å². The van der Waals surface area contributed by atoms with Crippen LogP contribution in [0.1, 0.15) is 168 Å². The monoisotopic (exact) mass is 554 g/mol. The molecule has 0 amide bonds. The quantitative estimate of drug-likeness (QED) is 0.0342. The first-order valence-corrected chi connectivity index (χ1v) is 16.6. The van der Waals surface area contributed by atoms with Gasteiger partial charge in [0.15, 0.2) is 0 Å². The summed E-state index contributed by atoms with van der Waals surface area (Å²) in [5.74, 6) is 0.0196. The Balaban J connectivity index is 0. The summed E-state index contributed by atoms with van der Waals surface area (Å²) in [6.45, 7) is 4.43. The van der Waals surface area contributed by atoms with Crippen LogP contribution >= 0.6 is 0 Å². The molecule has 6 heteroatoms. The van der Waals surface area contributed by atoms with Crippen LogP contribution in [0.5, 0.6) is 0 Å². The topological polar surface area (TPSA) is 66.4 Å². The molecule has 0 spiro atoms. The zero-order valence-corrected chi connectivity index (χ0v) is 28.4. The third-order valence-corrected chi connectivity index (χ3v) is 7.41. The van der Waals surface area contributed by atoms with Gasteiger partial charge < -0.3 is 4.55 Å². The Hall–Kier alpha value is 1.25. The number of rotatable bonds is 28. The molecule has 1 atom stereocenters. The van der Waals surface area contributed by atoms with Crippen molar-refractivity contribution in [2.24, 2.45) is 5.92 Å². The summed E-state index contributed by atoms with van der Waals surface area (Å²) in [5.41, 5.74) is 0. The van der Waals surface area contributed by atoms with Gasteiger partial charge in [0.2, 0.25) is 10.4 Å². The Morgan fingerprint density at radius 1 is 0.611 bits per heavy atom. The molecule has 0 heterocycles. The summed E-state index contributed by atoms with van der Waals surface area (Å²) in [6.07, 6.45) is 35.6. The van der Waals surface area contributed by atoms with E-state index in [2.05, 4.69) is 30.2 Å². The molecule has 0 aliphatic heterocycles. The van der Waals surface area contributed by atoms with Gasteiger partial charge in [0.25, 0.3) is 0 Å². The van der Waals surface area contributed by atoms with E-state index in [1.54, 1.807) is 0 Å². The minimum atomic E-state index is -4.60. The molecule has 0 aliphatic rings. The van der Waals surface area contributed by atoms with Crippen molar-refractivity contribution in [3.63, 3.8) is 0 Å². The standard InChI is InChI=1S/C30H60O4S.K/c1-3-5-7-9-10-11-12-13-14-15-16-17-18-19-20-21-22-23-24-26-28-30(27-25-8-6-4-2)29-34-35(31,32)33;/h26,28,30H,3-25,27,29H2,1-2H3,(H,31,32,33);/q;+1/p-1/b28-26+;. The van der Waals surface area contributed by atoms with E-state index >= 15 is 0 Å². The van der Waals surface area contributed by atoms with Crippen LogP contribution in [0.4, 0.5) is 0 Å². The average Bonchev–Trinajstić information content (AvgIpc) is 2.82. The predicted molar refractivity (Wildman–Crippen MR) is 150 cm³/mol. The first kappa shape index (κ1) is 39.4. The van der Waals surface area contributed by atoms with E-state index < -0.39 is 10.4 Å². The van der Waals surface area contributed by atoms with E-state index in [4.69, 9.17) is 0 Å². The number of allylic oxidation sites excluding steroid dienone is 1. The molecule has 0 rings (SSSR count). The van der Waals surface area contributed by atoms with E-state index in [1.807, 2.05) is 0 Å². The fraction of sp³-hybridized carbons (Fsp3) is 0.933. The molecule has 1 unspecified atom stereocenters. The van der Waals surface area contributed by atoms with Crippen LogP contribution in [-0.4, -0.2) is 19.6 Å². The Kier molecular flexibility index (Phi) is 33.7. The second-order valence-corrected chi connectivity index (χ2v) is 11.6. The third kappa shape index (κ3) is 33.3. The fourth-order valence-corrected chi connectivity index (χ4v) is 5.03. The van der Waals surface area contributed by atoms with Gasteiger partial charge in [-0.2, -0.15) is 0 Å². The number of unbranched alkanes of at least 4 members (excludes halogenated alkanes) is 21. The second kappa shape index (κ2) is 30.8. The van der Waals surface area contributed by atoms with Crippen molar-refractivity contribution >= 4 is 10.4 Å². The zero-order valence-electron chi connectivity index (χ0n) is 24.5. The van der Waals surface area contributed by atoms with Crippen LogP contribution in [0, 0.1) is 5.92 Å². The van der Waals surface area contributed by atoms with Gasteiger partial charge >= 0.3 is 51.4 Å². The largest absolute Gasteiger partial charge is 1.00 e. The first-order valence-electron chi connectivity index (χ1n) is 15.3. The average molecular weight is 555 g/mol. The summed E-state index contributed by atoms with van der Waals surface area (Å²) in [6, 6.07) is 0. The summed E-state index contributed by atoms with van der Waals surface area (Å²) < 4.78 is 36.8. The van der Waals surface area contributed by atoms with E-state index in [-0.39, 0.29) is 63.9 Å². The molecule has 210 valence electrons. The fourth-order valence-electron chi connectivity index (χ4n) is 4.69. The molecule has 0 aromatic carbocycles. The maximum Gasteiger partial charge on any atom is 1.00 e. The van der Waals surface area contributed by atoms with Crippen molar-refractivity contribution in [1.82, 2.24) is 0 Å². The van der Waals surface area contributed by atoms with Crippen LogP contribution < -0.4 is 51.4 Å². The second-order valence-electron chi connectivity index (χ2n) is 10.5. The summed E-state index contributed by atoms with van der Waals surface area (Å²) in [7, 11) is -4.60. The van der Waals surface area contributed by atoms with Crippen molar-refractivity contribution in [3.8, 4) is 0 Å². The number of hydrogen-bond donors (Lipinski definition) is 0. The normalized spacial score (nSPS) is 12.8. The van der Waals surface area contributed by atoms with Gasteiger partial charge in [-0.05, 0) is 19.3 Å². The third-order valence-electron chi connectivity index (χ3n) is 6.99. The van der Waals surface area contributed by atoms with Crippen LogP contribution in [0.25, 0.3) is 0 Å². The van der Waals surface area contributed by atoms with Crippen LogP contribution in [-0.2, 0) is 14.6 Å². The molecule has 0 radical (unpaired) electrons. The van der Waals surface area contributed by atoms with Gasteiger partial charge in [-0.25, -0.2) is 8.42 Å². The van der Waals surface area contributed by atoms with Gasteiger partial charge in [-0.3, -0.25) is 4.18 Å². The van der Waals surface area contributed by atoms with Gasteiger partial charge in [0.05, 0.1) is 6.61 Å². The smallest absolute Gasteiger partial charge is 0.726 e. The van der Waals surface area contributed by atoms with Crippen molar-refractivity contribution in [2.75, 3.05) is 6.61 Å². The maximum atomic E-state index is 10.8. The first-order chi connectivity index (χ1) is 17.0. The zero-order chi connectivity index (χ0) is 25.9. The van der Waals surface area contributed by atoms with E-state index in [9.17, 15) is 13.0 Å². The molecule has 0 aromatic rings. The molecule has 0 N–H and O–H groups in total. The maximum absolute atomic E-state index is 10.8. The number of hydrogen-bond acceptors (Lipinski definition) is 4. The minimum absolute atomic E-state index is 0. The molecule has 0 aromatic heterocycles. The Labute approximate surface area is 269 Å². The predicted octanol–water partition coefficient (Wildman–Crippen LogP) is 7.04. The minimum Gasteiger partial charge on any atom is -0.726 e. The molecule has 0 saturated carbocycles. The molecule has 0 aliphatic carbocycles.